The molecule has 0 aromatic heterocycles. The maximum absolute atomic E-state index is 5.12. The summed E-state index contributed by atoms with van der Waals surface area (Å²) in [6.45, 7) is 0. The predicted molar refractivity (Wildman–Crippen MR) is 26.1 cm³/mol. The number of hydrogen-bond donors (Lipinski definition) is 2. The summed E-state index contributed by atoms with van der Waals surface area (Å²) >= 11 is 0. The topological polar surface area (TPSA) is 66.0 Å². The van der Waals surface area contributed by atoms with E-state index in [9.17, 15) is 0 Å². The average Bonchev–Trinajstić information content (AvgIpc) is 1.69. The molecule has 0 atom stereocenters. The second-order valence-corrected chi connectivity index (χ2v) is 1.01. The monoisotopic (exact) mass is 99.1 g/mol. The van der Waals surface area contributed by atoms with Crippen molar-refractivity contribution in [3.63, 3.8) is 0 Å². The lowest BCUT2D eigenvalue weighted by Crippen LogP contribution is -2.43. The van der Waals surface area contributed by atoms with E-state index in [0.717, 1.165) is 0 Å². The van der Waals surface area contributed by atoms with Crippen LogP contribution < -0.4 is 11.3 Å². The summed E-state index contributed by atoms with van der Waals surface area (Å²) in [5.74, 6) is 5.12. The molecule has 0 saturated heterocycles. The van der Waals surface area contributed by atoms with Gasteiger partial charge in [0.05, 0.1) is 0 Å². The van der Waals surface area contributed by atoms with Gasteiger partial charge in [0.15, 0.2) is 0 Å². The van der Waals surface area contributed by atoms with Crippen LogP contribution in [0, 0.1) is 0 Å². The van der Waals surface area contributed by atoms with Crippen LogP contribution in [0.15, 0.2) is 10.2 Å². The summed E-state index contributed by atoms with van der Waals surface area (Å²) in [6.07, 6.45) is 2.75. The smallest absolute Gasteiger partial charge is 0.150 e. The molecule has 1 aliphatic rings. The fraction of sp³-hybridized carbons (Fsp3) is 0. The van der Waals surface area contributed by atoms with Gasteiger partial charge in [-0.3, -0.25) is 5.43 Å². The van der Waals surface area contributed by atoms with Crippen LogP contribution in [0.4, 0.5) is 0 Å². The van der Waals surface area contributed by atoms with Gasteiger partial charge in [-0.2, -0.15) is 0 Å². The minimum Gasteiger partial charge on any atom is -0.271 e. The molecule has 0 aromatic rings. The van der Waals surface area contributed by atoms with Crippen LogP contribution in [-0.2, 0) is 0 Å². The maximum atomic E-state index is 5.12. The van der Waals surface area contributed by atoms with Crippen molar-refractivity contribution in [3.8, 4) is 0 Å². The number of hydrazine groups is 2. The van der Waals surface area contributed by atoms with Gasteiger partial charge < -0.3 is 0 Å². The van der Waals surface area contributed by atoms with Gasteiger partial charge >= 0.3 is 0 Å². The second-order valence-electron chi connectivity index (χ2n) is 1.01. The number of nitrogens with one attached hydrogen (secondary N) is 1. The molecule has 0 bridgehead atoms. The van der Waals surface area contributed by atoms with Crippen molar-refractivity contribution in [3.05, 3.63) is 0 Å². The number of nitrogens with zero attached hydrogens (tertiary/aromatic N) is 3. The molecule has 5 heteroatoms. The van der Waals surface area contributed by atoms with Crippen LogP contribution in [0.5, 0.6) is 0 Å². The Morgan fingerprint density at radius 1 is 1.57 bits per heavy atom. The van der Waals surface area contributed by atoms with E-state index in [4.69, 9.17) is 5.84 Å². The Hall–Kier alpha value is -1.10. The molecule has 0 saturated carbocycles. The van der Waals surface area contributed by atoms with Crippen molar-refractivity contribution in [1.82, 2.24) is 10.5 Å². The predicted octanol–water partition coefficient (Wildman–Crippen LogP) is -1.35. The molecule has 0 amide bonds. The van der Waals surface area contributed by atoms with E-state index in [1.54, 1.807) is 0 Å². The van der Waals surface area contributed by atoms with Crippen LogP contribution in [0.1, 0.15) is 0 Å². The number of rotatable bonds is 0. The van der Waals surface area contributed by atoms with Crippen molar-refractivity contribution in [2.75, 3.05) is 0 Å². The largest absolute Gasteiger partial charge is 0.271 e. The Balaban J connectivity index is 2.49. The second kappa shape index (κ2) is 1.57. The van der Waals surface area contributed by atoms with Crippen molar-refractivity contribution in [1.29, 1.82) is 0 Å². The van der Waals surface area contributed by atoms with Gasteiger partial charge in [-0.15, -0.1) is 10.2 Å². The highest BCUT2D eigenvalue weighted by Crippen LogP contribution is 1.71. The minimum absolute atomic E-state index is 1.20. The molecule has 0 unspecified atom stereocenters. The summed E-state index contributed by atoms with van der Waals surface area (Å²) in [5.41, 5.74) is 2.55. The van der Waals surface area contributed by atoms with Crippen LogP contribution in [0.25, 0.3) is 0 Å². The van der Waals surface area contributed by atoms with Gasteiger partial charge in [-0.25, -0.2) is 11.0 Å². The summed E-state index contributed by atoms with van der Waals surface area (Å²) in [4.78, 5) is 0. The molecule has 5 nitrogen and oxygen atoms in total. The molecular weight excluding hydrogens is 94.1 g/mol. The lowest BCUT2D eigenvalue weighted by molar-refractivity contribution is 0.405. The SMILES string of the molecule is NN1C=NN=CN1. The van der Waals surface area contributed by atoms with Crippen LogP contribution >= 0.6 is 0 Å². The average molecular weight is 99.1 g/mol. The van der Waals surface area contributed by atoms with Crippen molar-refractivity contribution >= 4 is 12.7 Å². The molecule has 0 aliphatic carbocycles. The Morgan fingerprint density at radius 3 is 2.71 bits per heavy atom. The molecule has 1 aliphatic heterocycles. The summed E-state index contributed by atoms with van der Waals surface area (Å²) < 4.78 is 0. The number of nitrogens with two attached hydrogens (primary N) is 1. The normalized spacial score (nSPS) is 17.0. The third kappa shape index (κ3) is 0.866. The molecule has 0 spiro atoms. The Morgan fingerprint density at radius 2 is 2.43 bits per heavy atom. The first-order chi connectivity index (χ1) is 3.39. The van der Waals surface area contributed by atoms with Crippen molar-refractivity contribution < 1.29 is 0 Å². The van der Waals surface area contributed by atoms with Gasteiger partial charge in [0.1, 0.15) is 12.7 Å². The Kier molecular flexibility index (Phi) is 0.910. The van der Waals surface area contributed by atoms with E-state index in [0.29, 0.717) is 0 Å². The molecule has 0 radical (unpaired) electrons. The fourth-order valence-corrected chi connectivity index (χ4v) is 0.245. The first-order valence-corrected chi connectivity index (χ1v) is 1.75. The molecule has 0 aromatic carbocycles. The highest BCUT2D eigenvalue weighted by molar-refractivity contribution is 5.64. The van der Waals surface area contributed by atoms with E-state index in [1.165, 1.54) is 17.8 Å². The molecule has 3 N–H and O–H groups in total. The highest BCUT2D eigenvalue weighted by Gasteiger charge is 1.86. The fourth-order valence-electron chi connectivity index (χ4n) is 0.245. The van der Waals surface area contributed by atoms with Crippen LogP contribution in [0.3, 0.4) is 0 Å². The van der Waals surface area contributed by atoms with Crippen LogP contribution in [0.2, 0.25) is 0 Å². The molecule has 1 rings (SSSR count). The standard InChI is InChI=1S/C2H5N5/c3-7-2-5-4-1-6-7/h1-2H,3H2,(H,4,6). The first kappa shape index (κ1) is 4.07. The van der Waals surface area contributed by atoms with Crippen molar-refractivity contribution in [2.24, 2.45) is 16.0 Å². The van der Waals surface area contributed by atoms with Gasteiger partial charge in [0, 0.05) is 0 Å². The molecule has 1 heterocycles. The lowest BCUT2D eigenvalue weighted by Gasteiger charge is -2.11. The molecular formula is C2H5N5. The zero-order valence-corrected chi connectivity index (χ0v) is 3.57. The van der Waals surface area contributed by atoms with E-state index < -0.39 is 0 Å². The lowest BCUT2D eigenvalue weighted by atomic mass is 11.1. The summed E-state index contributed by atoms with van der Waals surface area (Å²) in [7, 11) is 0. The minimum atomic E-state index is 1.20. The Labute approximate surface area is 40.4 Å². The summed E-state index contributed by atoms with van der Waals surface area (Å²) in [6, 6.07) is 0. The third-order valence-corrected chi connectivity index (χ3v) is 0.507. The molecule has 0 fully saturated rings. The maximum Gasteiger partial charge on any atom is 0.150 e. The zero-order chi connectivity index (χ0) is 5.11. The van der Waals surface area contributed by atoms with Gasteiger partial charge in [-0.05, 0) is 0 Å². The Bertz CT molecular complexity index is 105. The van der Waals surface area contributed by atoms with Crippen molar-refractivity contribution in [2.45, 2.75) is 0 Å². The summed E-state index contributed by atoms with van der Waals surface area (Å²) in [5, 5.41) is 8.08. The highest BCUT2D eigenvalue weighted by atomic mass is 15.7. The zero-order valence-electron chi connectivity index (χ0n) is 3.57. The number of hydrogen-bond acceptors (Lipinski definition) is 5. The van der Waals surface area contributed by atoms with E-state index in [2.05, 4.69) is 15.6 Å². The van der Waals surface area contributed by atoms with Gasteiger partial charge in [-0.1, -0.05) is 0 Å². The quantitative estimate of drug-likeness (QED) is 0.369. The van der Waals surface area contributed by atoms with E-state index in [1.807, 2.05) is 0 Å². The molecule has 38 valence electrons. The van der Waals surface area contributed by atoms with Crippen LogP contribution in [-0.4, -0.2) is 17.8 Å². The molecule has 7 heavy (non-hydrogen) atoms. The van der Waals surface area contributed by atoms with E-state index in [-0.39, 0.29) is 0 Å². The van der Waals surface area contributed by atoms with E-state index >= 15 is 0 Å². The van der Waals surface area contributed by atoms with Gasteiger partial charge in [0.25, 0.3) is 0 Å². The van der Waals surface area contributed by atoms with Gasteiger partial charge in [0.2, 0.25) is 0 Å². The first-order valence-electron chi connectivity index (χ1n) is 1.75. The third-order valence-electron chi connectivity index (χ3n) is 0.507.